The predicted molar refractivity (Wildman–Crippen MR) is 64.6 cm³/mol. The zero-order valence-corrected chi connectivity index (χ0v) is 10.7. The molecule has 1 aliphatic carbocycles. The van der Waals surface area contributed by atoms with Crippen molar-refractivity contribution in [2.45, 2.75) is 31.7 Å². The van der Waals surface area contributed by atoms with E-state index in [1.807, 2.05) is 0 Å². The van der Waals surface area contributed by atoms with Crippen LogP contribution in [0.15, 0.2) is 18.2 Å². The van der Waals surface area contributed by atoms with E-state index < -0.39 is 17.9 Å². The Bertz CT molecular complexity index is 434. The van der Waals surface area contributed by atoms with Crippen LogP contribution in [-0.4, -0.2) is 6.36 Å². The molecule has 7 heteroatoms. The van der Waals surface area contributed by atoms with Crippen molar-refractivity contribution < 1.29 is 22.3 Å². The number of hydrogen-bond acceptors (Lipinski definition) is 2. The molecule has 2 nitrogen and oxygen atoms in total. The van der Waals surface area contributed by atoms with Crippen LogP contribution in [0.5, 0.6) is 5.75 Å². The summed E-state index contributed by atoms with van der Waals surface area (Å²) in [5.41, 5.74) is 6.42. The monoisotopic (exact) mass is 299 g/mol. The van der Waals surface area contributed by atoms with Crippen molar-refractivity contribution in [1.82, 2.24) is 0 Å². The molecule has 2 rings (SSSR count). The molecule has 0 amide bonds. The lowest BCUT2D eigenvalue weighted by molar-refractivity contribution is -0.275. The van der Waals surface area contributed by atoms with Crippen molar-refractivity contribution in [1.29, 1.82) is 0 Å². The molecule has 1 aromatic carbocycles. The zero-order valence-electron chi connectivity index (χ0n) is 9.91. The summed E-state index contributed by atoms with van der Waals surface area (Å²) in [7, 11) is 0. The van der Waals surface area contributed by atoms with Crippen molar-refractivity contribution in [2.75, 3.05) is 0 Å². The third kappa shape index (κ3) is 3.98. The van der Waals surface area contributed by atoms with Crippen LogP contribution in [0.3, 0.4) is 0 Å². The van der Waals surface area contributed by atoms with Crippen LogP contribution >= 0.6 is 12.4 Å². The molecule has 0 unspecified atom stereocenters. The minimum atomic E-state index is -4.89. The highest BCUT2D eigenvalue weighted by atomic mass is 35.5. The first kappa shape index (κ1) is 16.0. The Morgan fingerprint density at radius 2 is 1.89 bits per heavy atom. The van der Waals surface area contributed by atoms with Gasteiger partial charge in [0.1, 0.15) is 0 Å². The van der Waals surface area contributed by atoms with Crippen molar-refractivity contribution in [3.05, 3.63) is 29.6 Å². The van der Waals surface area contributed by atoms with Gasteiger partial charge in [-0.2, -0.15) is 0 Å². The number of benzene rings is 1. The second kappa shape index (κ2) is 5.96. The first-order valence-electron chi connectivity index (χ1n) is 5.67. The molecule has 0 aromatic heterocycles. The molecule has 1 saturated carbocycles. The van der Waals surface area contributed by atoms with Gasteiger partial charge in [0, 0.05) is 6.04 Å². The first-order chi connectivity index (χ1) is 8.37. The van der Waals surface area contributed by atoms with Gasteiger partial charge in [0.25, 0.3) is 0 Å². The summed E-state index contributed by atoms with van der Waals surface area (Å²) in [4.78, 5) is 0. The Labute approximate surface area is 114 Å². The Morgan fingerprint density at radius 1 is 1.26 bits per heavy atom. The van der Waals surface area contributed by atoms with Gasteiger partial charge >= 0.3 is 6.36 Å². The first-order valence-corrected chi connectivity index (χ1v) is 5.67. The van der Waals surface area contributed by atoms with Gasteiger partial charge in [-0.15, -0.1) is 25.6 Å². The van der Waals surface area contributed by atoms with Crippen LogP contribution in [0, 0.1) is 11.7 Å². The van der Waals surface area contributed by atoms with Gasteiger partial charge in [-0.25, -0.2) is 4.39 Å². The Kier molecular flexibility index (Phi) is 5.04. The van der Waals surface area contributed by atoms with Crippen LogP contribution in [0.4, 0.5) is 17.6 Å². The highest BCUT2D eigenvalue weighted by Crippen LogP contribution is 2.37. The molecule has 1 aromatic rings. The maximum atomic E-state index is 13.4. The molecule has 0 aliphatic heterocycles. The van der Waals surface area contributed by atoms with Gasteiger partial charge < -0.3 is 10.5 Å². The molecule has 0 bridgehead atoms. The standard InChI is InChI=1S/C12H13F4NO.ClH/c13-9-6-8(11(17)7-2-1-3-7)4-5-10(9)18-12(14,15)16;/h4-7,11H,1-3,17H2;1H/t11-;/m1./s1. The van der Waals surface area contributed by atoms with Crippen molar-refractivity contribution in [3.8, 4) is 5.75 Å². The van der Waals surface area contributed by atoms with Crippen LogP contribution < -0.4 is 10.5 Å². The van der Waals surface area contributed by atoms with E-state index in [9.17, 15) is 17.6 Å². The van der Waals surface area contributed by atoms with Crippen LogP contribution in [-0.2, 0) is 0 Å². The summed E-state index contributed by atoms with van der Waals surface area (Å²) in [6, 6.07) is 3.04. The van der Waals surface area contributed by atoms with Crippen LogP contribution in [0.25, 0.3) is 0 Å². The second-order valence-electron chi connectivity index (χ2n) is 4.45. The maximum absolute atomic E-state index is 13.4. The van der Waals surface area contributed by atoms with E-state index in [-0.39, 0.29) is 18.4 Å². The van der Waals surface area contributed by atoms with Gasteiger partial charge in [0.15, 0.2) is 11.6 Å². The second-order valence-corrected chi connectivity index (χ2v) is 4.45. The molecule has 2 N–H and O–H groups in total. The van der Waals surface area contributed by atoms with Crippen molar-refractivity contribution in [2.24, 2.45) is 11.7 Å². The largest absolute Gasteiger partial charge is 0.573 e. The summed E-state index contributed by atoms with van der Waals surface area (Å²) in [6.07, 6.45) is -1.85. The normalized spacial score (nSPS) is 17.3. The van der Waals surface area contributed by atoms with Crippen molar-refractivity contribution in [3.63, 3.8) is 0 Å². The van der Waals surface area contributed by atoms with Gasteiger partial charge in [0.2, 0.25) is 0 Å². The SMILES string of the molecule is Cl.N[C@@H](c1ccc(OC(F)(F)F)c(F)c1)C1CCC1. The van der Waals surface area contributed by atoms with E-state index in [1.54, 1.807) is 0 Å². The van der Waals surface area contributed by atoms with E-state index in [0.29, 0.717) is 11.5 Å². The van der Waals surface area contributed by atoms with E-state index in [2.05, 4.69) is 4.74 Å². The predicted octanol–water partition coefficient (Wildman–Crippen LogP) is 3.95. The van der Waals surface area contributed by atoms with E-state index in [4.69, 9.17) is 5.73 Å². The number of rotatable bonds is 3. The molecular formula is C12H14ClF4NO. The Hall–Kier alpha value is -1.01. The maximum Gasteiger partial charge on any atom is 0.573 e. The fourth-order valence-electron chi connectivity index (χ4n) is 2.00. The highest BCUT2D eigenvalue weighted by Gasteiger charge is 2.33. The average molecular weight is 300 g/mol. The van der Waals surface area contributed by atoms with Crippen LogP contribution in [0.1, 0.15) is 30.9 Å². The lowest BCUT2D eigenvalue weighted by Gasteiger charge is -2.31. The van der Waals surface area contributed by atoms with Gasteiger partial charge in [0.05, 0.1) is 0 Å². The zero-order chi connectivity index (χ0) is 13.3. The minimum Gasteiger partial charge on any atom is -0.403 e. The summed E-state index contributed by atoms with van der Waals surface area (Å²) in [5.74, 6) is -1.58. The molecule has 108 valence electrons. The Balaban J connectivity index is 0.00000180. The highest BCUT2D eigenvalue weighted by molar-refractivity contribution is 5.85. The van der Waals surface area contributed by atoms with Crippen LogP contribution in [0.2, 0.25) is 0 Å². The Morgan fingerprint density at radius 3 is 2.32 bits per heavy atom. The van der Waals surface area contributed by atoms with E-state index in [1.165, 1.54) is 6.07 Å². The summed E-state index contributed by atoms with van der Waals surface area (Å²) >= 11 is 0. The smallest absolute Gasteiger partial charge is 0.403 e. The average Bonchev–Trinajstić information content (AvgIpc) is 2.16. The minimum absolute atomic E-state index is 0. The number of ether oxygens (including phenoxy) is 1. The quantitative estimate of drug-likeness (QED) is 0.858. The number of nitrogens with two attached hydrogens (primary N) is 1. The molecule has 1 fully saturated rings. The number of alkyl halides is 3. The summed E-state index contributed by atoms with van der Waals surface area (Å²) in [5, 5.41) is 0. The van der Waals surface area contributed by atoms with E-state index in [0.717, 1.165) is 31.4 Å². The lowest BCUT2D eigenvalue weighted by Crippen LogP contribution is -2.27. The molecule has 0 spiro atoms. The molecule has 1 aliphatic rings. The lowest BCUT2D eigenvalue weighted by atomic mass is 9.77. The molecule has 1 atom stereocenters. The fourth-order valence-corrected chi connectivity index (χ4v) is 2.00. The number of halogens is 5. The van der Waals surface area contributed by atoms with Crippen molar-refractivity contribution >= 4 is 12.4 Å². The third-order valence-electron chi connectivity index (χ3n) is 3.22. The fraction of sp³-hybridized carbons (Fsp3) is 0.500. The van der Waals surface area contributed by atoms with Gasteiger partial charge in [-0.1, -0.05) is 12.5 Å². The molecule has 0 heterocycles. The van der Waals surface area contributed by atoms with Gasteiger partial charge in [-0.3, -0.25) is 0 Å². The topological polar surface area (TPSA) is 35.2 Å². The molecule has 19 heavy (non-hydrogen) atoms. The van der Waals surface area contributed by atoms with Gasteiger partial charge in [-0.05, 0) is 36.5 Å². The summed E-state index contributed by atoms with van der Waals surface area (Å²) in [6.45, 7) is 0. The summed E-state index contributed by atoms with van der Waals surface area (Å²) < 4.78 is 52.9. The third-order valence-corrected chi connectivity index (χ3v) is 3.22. The molecule has 0 radical (unpaired) electrons. The number of hydrogen-bond donors (Lipinski definition) is 1. The van der Waals surface area contributed by atoms with E-state index >= 15 is 0 Å². The molecular weight excluding hydrogens is 286 g/mol. The molecule has 0 saturated heterocycles.